The number of rotatable bonds is 63. The van der Waals surface area contributed by atoms with Gasteiger partial charge in [-0.25, -0.2) is 9.13 Å². The first-order valence-corrected chi connectivity index (χ1v) is 36.5. The molecule has 0 aromatic carbocycles. The van der Waals surface area contributed by atoms with E-state index in [1.165, 1.54) is 128 Å². The first-order valence-electron chi connectivity index (χ1n) is 33.5. The Morgan fingerprint density at radius 2 is 0.554 bits per heavy atom. The summed E-state index contributed by atoms with van der Waals surface area (Å²) < 4.78 is 67.8. The third-order valence-corrected chi connectivity index (χ3v) is 16.6. The van der Waals surface area contributed by atoms with E-state index in [0.29, 0.717) is 25.7 Å². The van der Waals surface area contributed by atoms with E-state index in [9.17, 15) is 43.2 Å². The Bertz CT molecular complexity index is 1630. The van der Waals surface area contributed by atoms with E-state index < -0.39 is 97.5 Å². The normalized spacial score (nSPS) is 14.3. The molecule has 0 bridgehead atoms. The number of unbranched alkanes of at least 4 members (excludes halogenated alkanes) is 33. The molecule has 0 aliphatic carbocycles. The fourth-order valence-electron chi connectivity index (χ4n) is 9.53. The summed E-state index contributed by atoms with van der Waals surface area (Å²) in [5.74, 6) is -0.700. The largest absolute Gasteiger partial charge is 0.472 e. The van der Waals surface area contributed by atoms with Crippen LogP contribution in [0.25, 0.3) is 0 Å². The second-order valence-electron chi connectivity index (χ2n) is 24.1. The lowest BCUT2D eigenvalue weighted by Gasteiger charge is -2.21. The first-order chi connectivity index (χ1) is 39.9. The Morgan fingerprint density at radius 3 is 0.819 bits per heavy atom. The summed E-state index contributed by atoms with van der Waals surface area (Å²) in [6, 6.07) is 0. The minimum Gasteiger partial charge on any atom is -0.462 e. The fourth-order valence-corrected chi connectivity index (χ4v) is 11.1. The first kappa shape index (κ1) is 81.1. The maximum absolute atomic E-state index is 13.0. The van der Waals surface area contributed by atoms with Gasteiger partial charge in [0.05, 0.1) is 26.4 Å². The van der Waals surface area contributed by atoms with Gasteiger partial charge in [-0.05, 0) is 37.5 Å². The van der Waals surface area contributed by atoms with E-state index in [-0.39, 0.29) is 25.7 Å². The molecule has 0 aliphatic heterocycles. The standard InChI is InChI=1S/C64H124O17P2/c1-7-9-11-13-14-15-16-17-18-19-20-21-22-30-36-42-48-63(68)81-60(53-75-62(67)47-41-35-29-25-23-27-33-38-44-56(3)4)55-79-83(72,73)77-51-58(65)50-76-82(70,71)78-54-59(52-74-61(66)46-40-32-12-10-8-2)80-64(69)49-43-37-31-26-24-28-34-39-45-57(5)6/h56-60,65H,7-55H2,1-6H3,(H,70,71)(H,72,73)/t58-,59+,60+/m0/s1. The van der Waals surface area contributed by atoms with Gasteiger partial charge in [0.1, 0.15) is 19.3 Å². The number of aliphatic hydroxyl groups is 1. The van der Waals surface area contributed by atoms with Crippen molar-refractivity contribution in [2.24, 2.45) is 11.8 Å². The molecule has 0 amide bonds. The van der Waals surface area contributed by atoms with Gasteiger partial charge in [0, 0.05) is 25.7 Å². The van der Waals surface area contributed by atoms with Crippen LogP contribution in [0.4, 0.5) is 0 Å². The van der Waals surface area contributed by atoms with E-state index in [4.69, 9.17) is 37.0 Å². The fraction of sp³-hybridized carbons (Fsp3) is 0.938. The molecule has 0 aromatic heterocycles. The second-order valence-corrected chi connectivity index (χ2v) is 27.0. The van der Waals surface area contributed by atoms with Gasteiger partial charge in [-0.2, -0.15) is 0 Å². The maximum Gasteiger partial charge on any atom is 0.472 e. The van der Waals surface area contributed by atoms with Gasteiger partial charge in [0.25, 0.3) is 0 Å². The number of carbonyl (C=O) groups is 4. The molecule has 2 unspecified atom stereocenters. The van der Waals surface area contributed by atoms with Crippen LogP contribution in [0.3, 0.4) is 0 Å². The summed E-state index contributed by atoms with van der Waals surface area (Å²) in [5.41, 5.74) is 0. The summed E-state index contributed by atoms with van der Waals surface area (Å²) in [5, 5.41) is 10.5. The number of phosphoric ester groups is 2. The van der Waals surface area contributed by atoms with Crippen molar-refractivity contribution in [2.45, 2.75) is 336 Å². The molecule has 0 radical (unpaired) electrons. The molecule has 83 heavy (non-hydrogen) atoms. The highest BCUT2D eigenvalue weighted by atomic mass is 31.2. The van der Waals surface area contributed by atoms with Crippen molar-refractivity contribution in [1.82, 2.24) is 0 Å². The minimum atomic E-state index is -4.94. The predicted molar refractivity (Wildman–Crippen MR) is 331 cm³/mol. The van der Waals surface area contributed by atoms with Gasteiger partial charge < -0.3 is 33.8 Å². The van der Waals surface area contributed by atoms with Gasteiger partial charge in [0.15, 0.2) is 12.2 Å². The second kappa shape index (κ2) is 56.6. The van der Waals surface area contributed by atoms with Crippen molar-refractivity contribution in [3.8, 4) is 0 Å². The Kier molecular flexibility index (Phi) is 55.2. The molecule has 3 N–H and O–H groups in total. The molecule has 0 heterocycles. The quantitative estimate of drug-likeness (QED) is 0.0222. The average molecular weight is 1230 g/mol. The van der Waals surface area contributed by atoms with Gasteiger partial charge in [-0.1, -0.05) is 266 Å². The van der Waals surface area contributed by atoms with E-state index in [1.807, 2.05) is 0 Å². The lowest BCUT2D eigenvalue weighted by atomic mass is 10.0. The lowest BCUT2D eigenvalue weighted by molar-refractivity contribution is -0.161. The molecular weight excluding hydrogens is 1100 g/mol. The van der Waals surface area contributed by atoms with Crippen LogP contribution in [0.15, 0.2) is 0 Å². The topological polar surface area (TPSA) is 237 Å². The monoisotopic (exact) mass is 1230 g/mol. The zero-order valence-corrected chi connectivity index (χ0v) is 55.3. The van der Waals surface area contributed by atoms with E-state index in [0.717, 1.165) is 108 Å². The average Bonchev–Trinajstić information content (AvgIpc) is 3.44. The highest BCUT2D eigenvalue weighted by molar-refractivity contribution is 7.47. The van der Waals surface area contributed by atoms with E-state index >= 15 is 0 Å². The molecule has 0 rings (SSSR count). The minimum absolute atomic E-state index is 0.103. The molecule has 19 heteroatoms. The van der Waals surface area contributed by atoms with Crippen LogP contribution in [0.2, 0.25) is 0 Å². The number of ether oxygens (including phenoxy) is 4. The third kappa shape index (κ3) is 58.8. The van der Waals surface area contributed by atoms with Crippen LogP contribution in [0, 0.1) is 11.8 Å². The smallest absolute Gasteiger partial charge is 0.462 e. The zero-order chi connectivity index (χ0) is 61.5. The van der Waals surface area contributed by atoms with Crippen LogP contribution in [0.5, 0.6) is 0 Å². The summed E-state index contributed by atoms with van der Waals surface area (Å²) in [7, 11) is -9.88. The SMILES string of the molecule is CCCCCCCCCCCCCCCCCCC(=O)O[C@H](COC(=O)CCCCCCCCCCC(C)C)COP(=O)(O)OC[C@@H](O)COP(=O)(O)OC[C@@H](COC(=O)CCCCCCC)OC(=O)CCCCCCCCCCC(C)C. The number of carbonyl (C=O) groups excluding carboxylic acids is 4. The summed E-state index contributed by atoms with van der Waals surface area (Å²) in [4.78, 5) is 72.0. The molecule has 0 fully saturated rings. The Hall–Kier alpha value is -1.94. The Labute approximate surface area is 505 Å². The van der Waals surface area contributed by atoms with Gasteiger partial charge in [-0.3, -0.25) is 37.3 Å². The molecule has 0 aromatic rings. The van der Waals surface area contributed by atoms with Crippen LogP contribution in [0.1, 0.15) is 318 Å². The summed E-state index contributed by atoms with van der Waals surface area (Å²) >= 11 is 0. The van der Waals surface area contributed by atoms with Crippen LogP contribution >= 0.6 is 15.6 Å². The Balaban J connectivity index is 5.16. The van der Waals surface area contributed by atoms with Crippen molar-refractivity contribution >= 4 is 39.5 Å². The molecule has 0 spiro atoms. The highest BCUT2D eigenvalue weighted by Crippen LogP contribution is 2.45. The number of esters is 4. The van der Waals surface area contributed by atoms with Gasteiger partial charge >= 0.3 is 39.5 Å². The predicted octanol–water partition coefficient (Wildman–Crippen LogP) is 17.7. The molecule has 0 aliphatic rings. The highest BCUT2D eigenvalue weighted by Gasteiger charge is 2.30. The van der Waals surface area contributed by atoms with Gasteiger partial charge in [0.2, 0.25) is 0 Å². The number of hydrogen-bond donors (Lipinski definition) is 3. The van der Waals surface area contributed by atoms with Crippen LogP contribution in [-0.4, -0.2) is 96.7 Å². The molecule has 0 saturated heterocycles. The molecule has 0 saturated carbocycles. The maximum atomic E-state index is 13.0. The number of aliphatic hydroxyl groups excluding tert-OH is 1. The molecule has 5 atom stereocenters. The number of phosphoric acid groups is 2. The lowest BCUT2D eigenvalue weighted by Crippen LogP contribution is -2.30. The van der Waals surface area contributed by atoms with Crippen LogP contribution in [-0.2, 0) is 65.4 Å². The molecule has 492 valence electrons. The van der Waals surface area contributed by atoms with Crippen molar-refractivity contribution < 1.29 is 80.2 Å². The van der Waals surface area contributed by atoms with Crippen molar-refractivity contribution in [3.05, 3.63) is 0 Å². The zero-order valence-electron chi connectivity index (χ0n) is 53.5. The van der Waals surface area contributed by atoms with Crippen molar-refractivity contribution in [3.63, 3.8) is 0 Å². The van der Waals surface area contributed by atoms with Gasteiger partial charge in [-0.15, -0.1) is 0 Å². The summed E-state index contributed by atoms with van der Waals surface area (Å²) in [6.45, 7) is 9.34. The van der Waals surface area contributed by atoms with Crippen LogP contribution < -0.4 is 0 Å². The molecular formula is C64H124O17P2. The summed E-state index contributed by atoms with van der Waals surface area (Å²) in [6.07, 6.45) is 39.4. The van der Waals surface area contributed by atoms with E-state index in [2.05, 4.69) is 41.5 Å². The molecule has 17 nitrogen and oxygen atoms in total. The van der Waals surface area contributed by atoms with E-state index in [1.54, 1.807) is 0 Å². The third-order valence-electron chi connectivity index (χ3n) is 14.7. The van der Waals surface area contributed by atoms with Crippen molar-refractivity contribution in [2.75, 3.05) is 39.6 Å². The number of hydrogen-bond acceptors (Lipinski definition) is 15. The van der Waals surface area contributed by atoms with Crippen molar-refractivity contribution in [1.29, 1.82) is 0 Å². The Morgan fingerprint density at radius 1 is 0.325 bits per heavy atom.